The Balaban J connectivity index is 1.62. The number of hydrogen-bond acceptors (Lipinski definition) is 4. The van der Waals surface area contributed by atoms with Crippen LogP contribution in [0.2, 0.25) is 0 Å². The van der Waals surface area contributed by atoms with Crippen LogP contribution in [0.4, 0.5) is 0 Å². The summed E-state index contributed by atoms with van der Waals surface area (Å²) in [5, 5.41) is 18.6. The standard InChI is InChI=1S/C16H22N4O/c1-19-12-17-18-16(19)15-8-5-9-20(15)11-14(21)10-13-6-3-2-4-7-13/h2-4,6-7,12,14-15,21H,5,8-11H2,1H3. The van der Waals surface area contributed by atoms with Crippen LogP contribution < -0.4 is 0 Å². The summed E-state index contributed by atoms with van der Waals surface area (Å²) in [4.78, 5) is 2.33. The highest BCUT2D eigenvalue weighted by molar-refractivity contribution is 5.15. The molecule has 1 aliphatic rings. The summed E-state index contributed by atoms with van der Waals surface area (Å²) in [6.07, 6.45) is 4.33. The smallest absolute Gasteiger partial charge is 0.149 e. The minimum Gasteiger partial charge on any atom is -0.391 e. The Morgan fingerprint density at radius 3 is 2.86 bits per heavy atom. The van der Waals surface area contributed by atoms with Gasteiger partial charge in [0, 0.05) is 13.6 Å². The van der Waals surface area contributed by atoms with E-state index < -0.39 is 0 Å². The molecule has 1 fully saturated rings. The molecule has 0 amide bonds. The van der Waals surface area contributed by atoms with Gasteiger partial charge in [0.2, 0.25) is 0 Å². The average molecular weight is 286 g/mol. The van der Waals surface area contributed by atoms with E-state index >= 15 is 0 Å². The SMILES string of the molecule is Cn1cnnc1C1CCCN1CC(O)Cc1ccccc1. The third-order valence-corrected chi connectivity index (χ3v) is 4.17. The first-order valence-electron chi connectivity index (χ1n) is 7.54. The maximum atomic E-state index is 10.4. The number of aryl methyl sites for hydroxylation is 1. The van der Waals surface area contributed by atoms with E-state index in [1.807, 2.05) is 29.8 Å². The number of hydrogen-bond donors (Lipinski definition) is 1. The van der Waals surface area contributed by atoms with E-state index in [4.69, 9.17) is 0 Å². The molecule has 0 radical (unpaired) electrons. The molecule has 0 spiro atoms. The van der Waals surface area contributed by atoms with E-state index in [1.54, 1.807) is 6.33 Å². The fourth-order valence-corrected chi connectivity index (χ4v) is 3.15. The predicted molar refractivity (Wildman–Crippen MR) is 80.7 cm³/mol. The zero-order chi connectivity index (χ0) is 14.7. The summed E-state index contributed by atoms with van der Waals surface area (Å²) in [7, 11) is 1.98. The lowest BCUT2D eigenvalue weighted by molar-refractivity contribution is 0.103. The maximum Gasteiger partial charge on any atom is 0.149 e. The van der Waals surface area contributed by atoms with Crippen molar-refractivity contribution in [3.63, 3.8) is 0 Å². The Kier molecular flexibility index (Phi) is 4.31. The fourth-order valence-electron chi connectivity index (χ4n) is 3.15. The van der Waals surface area contributed by atoms with Crippen LogP contribution in [-0.4, -0.2) is 44.0 Å². The number of β-amino-alcohol motifs (C(OH)–C–C–N with tert-alkyl or cyclic N) is 1. The number of nitrogens with zero attached hydrogens (tertiary/aromatic N) is 4. The lowest BCUT2D eigenvalue weighted by Crippen LogP contribution is -2.34. The number of aromatic nitrogens is 3. The Hall–Kier alpha value is -1.72. The van der Waals surface area contributed by atoms with Crippen LogP contribution in [0, 0.1) is 0 Å². The number of likely N-dealkylation sites (tertiary alicyclic amines) is 1. The molecule has 2 unspecified atom stereocenters. The maximum absolute atomic E-state index is 10.4. The Bertz CT molecular complexity index is 569. The van der Waals surface area contributed by atoms with Gasteiger partial charge >= 0.3 is 0 Å². The molecule has 5 nitrogen and oxygen atoms in total. The van der Waals surface area contributed by atoms with Crippen molar-refractivity contribution in [3.8, 4) is 0 Å². The molecule has 1 N–H and O–H groups in total. The summed E-state index contributed by atoms with van der Waals surface area (Å²) in [6, 6.07) is 10.4. The van der Waals surface area contributed by atoms with Crippen molar-refractivity contribution in [3.05, 3.63) is 48.0 Å². The molecule has 21 heavy (non-hydrogen) atoms. The highest BCUT2D eigenvalue weighted by Crippen LogP contribution is 2.30. The second-order valence-electron chi connectivity index (χ2n) is 5.80. The normalized spacial score (nSPS) is 20.8. The van der Waals surface area contributed by atoms with Crippen LogP contribution in [0.5, 0.6) is 0 Å². The third kappa shape index (κ3) is 3.31. The number of rotatable bonds is 5. The van der Waals surface area contributed by atoms with Crippen LogP contribution >= 0.6 is 0 Å². The Morgan fingerprint density at radius 2 is 2.14 bits per heavy atom. The van der Waals surface area contributed by atoms with Gasteiger partial charge in [-0.15, -0.1) is 10.2 Å². The Labute approximate surface area is 125 Å². The van der Waals surface area contributed by atoms with Gasteiger partial charge in [-0.05, 0) is 31.4 Å². The molecule has 2 aromatic rings. The molecule has 0 aliphatic carbocycles. The molecular weight excluding hydrogens is 264 g/mol. The first-order chi connectivity index (χ1) is 10.2. The second kappa shape index (κ2) is 6.37. The molecule has 112 valence electrons. The van der Waals surface area contributed by atoms with E-state index in [2.05, 4.69) is 27.2 Å². The lowest BCUT2D eigenvalue weighted by Gasteiger charge is -2.26. The van der Waals surface area contributed by atoms with Crippen molar-refractivity contribution >= 4 is 0 Å². The van der Waals surface area contributed by atoms with Crippen molar-refractivity contribution in [1.82, 2.24) is 19.7 Å². The zero-order valence-electron chi connectivity index (χ0n) is 12.4. The molecule has 5 heteroatoms. The van der Waals surface area contributed by atoms with Crippen LogP contribution in [0.25, 0.3) is 0 Å². The third-order valence-electron chi connectivity index (χ3n) is 4.17. The van der Waals surface area contributed by atoms with E-state index in [-0.39, 0.29) is 12.1 Å². The largest absolute Gasteiger partial charge is 0.391 e. The van der Waals surface area contributed by atoms with Crippen LogP contribution in [0.1, 0.15) is 30.3 Å². The molecule has 3 rings (SSSR count). The van der Waals surface area contributed by atoms with Gasteiger partial charge in [0.25, 0.3) is 0 Å². The van der Waals surface area contributed by atoms with Crippen molar-refractivity contribution in [2.75, 3.05) is 13.1 Å². The average Bonchev–Trinajstić information content (AvgIpc) is 3.08. The van der Waals surface area contributed by atoms with E-state index in [0.717, 1.165) is 25.2 Å². The molecule has 1 aromatic carbocycles. The predicted octanol–water partition coefficient (Wildman–Crippen LogP) is 1.56. The zero-order valence-corrected chi connectivity index (χ0v) is 12.4. The molecule has 2 heterocycles. The summed E-state index contributed by atoms with van der Waals surface area (Å²) >= 11 is 0. The van der Waals surface area contributed by atoms with E-state index in [1.165, 1.54) is 5.56 Å². The molecule has 2 atom stereocenters. The minimum absolute atomic E-state index is 0.280. The monoisotopic (exact) mass is 286 g/mol. The first-order valence-corrected chi connectivity index (χ1v) is 7.54. The molecule has 1 aromatic heterocycles. The summed E-state index contributed by atoms with van der Waals surface area (Å²) in [5.41, 5.74) is 1.18. The molecular formula is C16H22N4O. The van der Waals surface area contributed by atoms with Crippen LogP contribution in [0.3, 0.4) is 0 Å². The summed E-state index contributed by atoms with van der Waals surface area (Å²) in [5.74, 6) is 0.999. The van der Waals surface area contributed by atoms with Crippen molar-refractivity contribution in [2.45, 2.75) is 31.4 Å². The van der Waals surface area contributed by atoms with E-state index in [0.29, 0.717) is 13.0 Å². The Morgan fingerprint density at radius 1 is 1.33 bits per heavy atom. The van der Waals surface area contributed by atoms with Gasteiger partial charge in [0.05, 0.1) is 12.1 Å². The van der Waals surface area contributed by atoms with Crippen molar-refractivity contribution in [1.29, 1.82) is 0 Å². The number of benzene rings is 1. The quantitative estimate of drug-likeness (QED) is 0.906. The molecule has 0 saturated carbocycles. The first kappa shape index (κ1) is 14.2. The second-order valence-corrected chi connectivity index (χ2v) is 5.80. The fraction of sp³-hybridized carbons (Fsp3) is 0.500. The summed E-state index contributed by atoms with van der Waals surface area (Å²) < 4.78 is 1.98. The number of aliphatic hydroxyl groups is 1. The molecule has 1 saturated heterocycles. The highest BCUT2D eigenvalue weighted by atomic mass is 16.3. The van der Waals surface area contributed by atoms with Gasteiger partial charge in [-0.1, -0.05) is 30.3 Å². The van der Waals surface area contributed by atoms with Gasteiger partial charge in [0.15, 0.2) is 0 Å². The van der Waals surface area contributed by atoms with Gasteiger partial charge in [-0.2, -0.15) is 0 Å². The summed E-state index contributed by atoms with van der Waals surface area (Å²) in [6.45, 7) is 1.70. The van der Waals surface area contributed by atoms with E-state index in [9.17, 15) is 5.11 Å². The van der Waals surface area contributed by atoms with Crippen LogP contribution in [0.15, 0.2) is 36.7 Å². The van der Waals surface area contributed by atoms with Gasteiger partial charge in [0.1, 0.15) is 12.2 Å². The molecule has 1 aliphatic heterocycles. The van der Waals surface area contributed by atoms with Crippen molar-refractivity contribution in [2.24, 2.45) is 7.05 Å². The molecule has 0 bridgehead atoms. The van der Waals surface area contributed by atoms with Crippen LogP contribution in [-0.2, 0) is 13.5 Å². The number of aliphatic hydroxyl groups excluding tert-OH is 1. The lowest BCUT2D eigenvalue weighted by atomic mass is 10.1. The highest BCUT2D eigenvalue weighted by Gasteiger charge is 2.30. The topological polar surface area (TPSA) is 54.2 Å². The van der Waals surface area contributed by atoms with Crippen molar-refractivity contribution < 1.29 is 5.11 Å². The van der Waals surface area contributed by atoms with Gasteiger partial charge < -0.3 is 9.67 Å². The van der Waals surface area contributed by atoms with Gasteiger partial charge in [-0.25, -0.2) is 0 Å². The minimum atomic E-state index is -0.346. The van der Waals surface area contributed by atoms with Gasteiger partial charge in [-0.3, -0.25) is 4.90 Å².